The molecule has 14 rings (SSSR count). The monoisotopic (exact) mass is 1890 g/mol. The first-order chi connectivity index (χ1) is 62.8. The van der Waals surface area contributed by atoms with E-state index in [1.165, 1.54) is 42.3 Å². The quantitative estimate of drug-likeness (QED) is 0.0327. The van der Waals surface area contributed by atoms with Crippen molar-refractivity contribution in [2.75, 3.05) is 121 Å². The van der Waals surface area contributed by atoms with Crippen molar-refractivity contribution in [2.24, 2.45) is 4.99 Å². The van der Waals surface area contributed by atoms with E-state index in [1.54, 1.807) is 92.0 Å². The summed E-state index contributed by atoms with van der Waals surface area (Å²) >= 11 is 30.0. The number of nitrogens with one attached hydrogen (secondary N) is 3. The molecule has 28 heteroatoms. The summed E-state index contributed by atoms with van der Waals surface area (Å²) in [7, 11) is 11.7. The molecule has 0 saturated carbocycles. The van der Waals surface area contributed by atoms with Crippen molar-refractivity contribution in [1.82, 2.24) is 14.7 Å². The van der Waals surface area contributed by atoms with Gasteiger partial charge in [-0.15, -0.1) is 0 Å². The number of halogens is 8. The number of aliphatic imine (C=N–C) groups is 1. The normalized spacial score (nSPS) is 11.8. The van der Waals surface area contributed by atoms with Crippen molar-refractivity contribution >= 4 is 128 Å². The maximum absolute atomic E-state index is 13.2. The maximum atomic E-state index is 13.2. The third-order valence-corrected chi connectivity index (χ3v) is 22.8. The fourth-order valence-corrected chi connectivity index (χ4v) is 13.9. The van der Waals surface area contributed by atoms with E-state index in [-0.39, 0.29) is 57.2 Å². The lowest BCUT2D eigenvalue weighted by Crippen LogP contribution is -2.32. The molecule has 0 aliphatic carbocycles. The molecule has 4 N–H and O–H groups in total. The average Bonchev–Trinajstić information content (AvgIpc) is 1.60. The van der Waals surface area contributed by atoms with E-state index < -0.39 is 23.6 Å². The van der Waals surface area contributed by atoms with Crippen LogP contribution in [0.3, 0.4) is 0 Å². The van der Waals surface area contributed by atoms with Crippen LogP contribution in [0.15, 0.2) is 236 Å². The number of carbonyl (C=O) groups is 5. The number of carbonyl (C=O) groups excluding carboxylic acids is 5. The summed E-state index contributed by atoms with van der Waals surface area (Å²) in [6, 6.07) is 67.6. The van der Waals surface area contributed by atoms with Crippen molar-refractivity contribution in [3.8, 4) is 34.5 Å². The standard InChI is InChI=1S/C20H25ClN2O2.C20H19F3N2O3.C18H21ClN2O2.C16H16ClNO.C15H14ClNO2.C15H14ClNO/c1-5-24-19-7-6-8-20(25-12-11-23(3)4)17(19)14-22-16-9-10-18(21)15(2)13-16;1-12-7-8-13(11-15(12)20(21,22)23)25-18(26)14-5-4-6-16(17(14)19(25)27)28-10-9-24(2)3;1-13-12-14(8-9-16(13)19)20-18(22)15-6-4-5-7-17(15)23-11-10-21(2)3;1-11-4-3-5-16-14(11)9-18(10-19-16)13-6-7-15(17)12(2)8-13;1-9-4-3-5-13(18)14(9)15(19)17-11-6-7-12(16)10(2)8-11;1-10-5-3-4-6-13(10)15(18)17-12-7-8-14(16)11(2)9-12/h6-10,13-14H,5,11-12H2,1-4H3;4-8,11H,9-10H2,1-3H3;4-9,12H,10-11H2,1-3H3,(H,20,22);3-8H,9-10H2,1-2H3;3-8,18H,1-2H3,(H,17,19);3-9H,1-2H3,(H,17,18). The molecule has 0 bridgehead atoms. The first-order valence-corrected chi connectivity index (χ1v) is 44.2. The van der Waals surface area contributed by atoms with Crippen molar-refractivity contribution in [3.63, 3.8) is 0 Å². The van der Waals surface area contributed by atoms with Crippen LogP contribution in [0.5, 0.6) is 34.5 Å². The number of ether oxygens (including phenoxy) is 5. The highest BCUT2D eigenvalue weighted by Gasteiger charge is 2.41. The number of hydrogen-bond acceptors (Lipinski definition) is 16. The number of rotatable bonds is 24. The molecule has 0 aromatic heterocycles. The van der Waals surface area contributed by atoms with E-state index in [0.29, 0.717) is 83.0 Å². The molecule has 2 aliphatic heterocycles. The summed E-state index contributed by atoms with van der Waals surface area (Å²) < 4.78 is 68.6. The topological polar surface area (TPSA) is 216 Å². The summed E-state index contributed by atoms with van der Waals surface area (Å²) in [5.74, 6) is 1.32. The Balaban J connectivity index is 0.000000179. The summed E-state index contributed by atoms with van der Waals surface area (Å²) in [5, 5.41) is 21.8. The molecular weight excluding hydrogens is 1790 g/mol. The lowest BCUT2D eigenvalue weighted by Gasteiger charge is -2.32. The molecule has 2 aliphatic rings. The third kappa shape index (κ3) is 29.5. The number of phenols is 1. The molecule has 692 valence electrons. The van der Waals surface area contributed by atoms with Crippen LogP contribution in [0.25, 0.3) is 0 Å². The zero-order chi connectivity index (χ0) is 96.2. The van der Waals surface area contributed by atoms with Crippen LogP contribution in [-0.2, 0) is 12.7 Å². The van der Waals surface area contributed by atoms with Crippen LogP contribution in [0.2, 0.25) is 25.1 Å². The van der Waals surface area contributed by atoms with Gasteiger partial charge in [0.15, 0.2) is 6.73 Å². The van der Waals surface area contributed by atoms with Gasteiger partial charge in [0.25, 0.3) is 29.5 Å². The van der Waals surface area contributed by atoms with Crippen LogP contribution in [-0.4, -0.2) is 151 Å². The fourth-order valence-electron chi connectivity index (χ4n) is 13.3. The predicted molar refractivity (Wildman–Crippen MR) is 529 cm³/mol. The molecular formula is C104H109Cl5F3N9O11. The number of para-hydroxylation sites is 1. The summed E-state index contributed by atoms with van der Waals surface area (Å²) in [4.78, 5) is 75.9. The third-order valence-electron chi connectivity index (χ3n) is 20.7. The SMILES string of the molecule is CCOc1cccc(OCCN(C)C)c1C=Nc1ccc(Cl)c(C)c1.Cc1cc(N2COc3cccc(C)c3C2)ccc1Cl.Cc1cc(NC(=O)c2c(C)cccc2O)ccc1Cl.Cc1cc(NC(=O)c2ccccc2C)ccc1Cl.Cc1cc(NC(=O)c2ccccc2OCCN(C)C)ccc1Cl.Cc1ccc(N2C(=O)c3cccc(OCCN(C)C)c3C2=O)cc1C(F)(F)F. The highest BCUT2D eigenvalue weighted by Crippen LogP contribution is 2.40. The molecule has 20 nitrogen and oxygen atoms in total. The Hall–Kier alpha value is -12.4. The lowest BCUT2D eigenvalue weighted by molar-refractivity contribution is -0.138. The van der Waals surface area contributed by atoms with E-state index in [9.17, 15) is 42.3 Å². The number of alkyl halides is 3. The Labute approximate surface area is 795 Å². The van der Waals surface area contributed by atoms with Crippen LogP contribution in [0.1, 0.15) is 125 Å². The number of benzene rings is 12. The van der Waals surface area contributed by atoms with E-state index in [0.717, 1.165) is 119 Å². The predicted octanol–water partition coefficient (Wildman–Crippen LogP) is 24.8. The summed E-state index contributed by atoms with van der Waals surface area (Å²) in [5.41, 5.74) is 14.7. The number of hydrogen-bond donors (Lipinski definition) is 4. The zero-order valence-corrected chi connectivity index (χ0v) is 80.4. The molecule has 5 amide bonds. The number of anilines is 5. The average molecular weight is 1900 g/mol. The molecule has 0 radical (unpaired) electrons. The Morgan fingerprint density at radius 1 is 0.455 bits per heavy atom. The van der Waals surface area contributed by atoms with Crippen molar-refractivity contribution in [3.05, 3.63) is 350 Å². The van der Waals surface area contributed by atoms with Gasteiger partial charge in [0.1, 0.15) is 54.3 Å². The molecule has 0 unspecified atom stereocenters. The Morgan fingerprint density at radius 2 is 0.902 bits per heavy atom. The number of fused-ring (bicyclic) bond motifs is 2. The number of nitrogens with zero attached hydrogens (tertiary/aromatic N) is 6. The summed E-state index contributed by atoms with van der Waals surface area (Å²) in [6.45, 7) is 24.5. The van der Waals surface area contributed by atoms with Gasteiger partial charge >= 0.3 is 6.18 Å². The van der Waals surface area contributed by atoms with Gasteiger partial charge in [-0.05, 0) is 319 Å². The Kier molecular flexibility index (Phi) is 38.5. The van der Waals surface area contributed by atoms with Gasteiger partial charge in [-0.1, -0.05) is 131 Å². The molecule has 0 fully saturated rings. The van der Waals surface area contributed by atoms with Crippen LogP contribution < -0.4 is 49.4 Å². The van der Waals surface area contributed by atoms with Crippen molar-refractivity contribution < 1.29 is 65.9 Å². The molecule has 0 atom stereocenters. The number of likely N-dealkylation sites (N-methyl/N-ethyl adjacent to an activating group) is 3. The Bertz CT molecular complexity index is 6070. The van der Waals surface area contributed by atoms with Crippen LogP contribution in [0.4, 0.5) is 47.3 Å². The fraction of sp³-hybridized carbons (Fsp3) is 0.250. The van der Waals surface area contributed by atoms with Gasteiger partial charge in [0.05, 0.1) is 57.9 Å². The number of phenolic OH excluding ortho intramolecular Hbond substituents is 1. The van der Waals surface area contributed by atoms with Gasteiger partial charge in [0, 0.05) is 84.8 Å². The highest BCUT2D eigenvalue weighted by atomic mass is 35.5. The Morgan fingerprint density at radius 3 is 1.44 bits per heavy atom. The number of amides is 5. The minimum absolute atomic E-state index is 0.0144. The van der Waals surface area contributed by atoms with E-state index >= 15 is 0 Å². The maximum Gasteiger partial charge on any atom is 0.416 e. The molecule has 12 aromatic rings. The van der Waals surface area contributed by atoms with Crippen LogP contribution >= 0.6 is 58.0 Å². The minimum Gasteiger partial charge on any atom is -0.507 e. The molecule has 2 heterocycles. The first-order valence-electron chi connectivity index (χ1n) is 42.3. The van der Waals surface area contributed by atoms with Gasteiger partial charge in [-0.25, -0.2) is 4.90 Å². The zero-order valence-electron chi connectivity index (χ0n) is 76.6. The molecule has 132 heavy (non-hydrogen) atoms. The second kappa shape index (κ2) is 49.2. The molecule has 0 saturated heterocycles. The largest absolute Gasteiger partial charge is 0.507 e. The van der Waals surface area contributed by atoms with E-state index in [1.807, 2.05) is 210 Å². The van der Waals surface area contributed by atoms with Crippen LogP contribution in [0, 0.1) is 62.3 Å². The highest BCUT2D eigenvalue weighted by molar-refractivity contribution is 6.36. The minimum atomic E-state index is -4.58. The van der Waals surface area contributed by atoms with Gasteiger partial charge in [-0.3, -0.25) is 29.0 Å². The first kappa shape index (κ1) is 103. The van der Waals surface area contributed by atoms with Gasteiger partial charge in [-0.2, -0.15) is 13.2 Å². The number of aromatic hydroxyl groups is 1. The van der Waals surface area contributed by atoms with Crippen molar-refractivity contribution in [2.45, 2.75) is 82.0 Å². The van der Waals surface area contributed by atoms with E-state index in [4.69, 9.17) is 81.7 Å². The second-order valence-corrected chi connectivity index (χ2v) is 33.9. The smallest absolute Gasteiger partial charge is 0.416 e. The molecule has 0 spiro atoms. The number of aryl methyl sites for hydroxylation is 9. The lowest BCUT2D eigenvalue weighted by atomic mass is 10.1. The molecule has 12 aromatic carbocycles. The van der Waals surface area contributed by atoms with E-state index in [2.05, 4.69) is 49.8 Å². The van der Waals surface area contributed by atoms with Crippen molar-refractivity contribution in [1.29, 1.82) is 0 Å². The number of imide groups is 1. The summed E-state index contributed by atoms with van der Waals surface area (Å²) in [6.07, 6.45) is -2.79. The van der Waals surface area contributed by atoms with Gasteiger partial charge in [0.2, 0.25) is 0 Å². The van der Waals surface area contributed by atoms with Gasteiger partial charge < -0.3 is 64.3 Å². The second-order valence-electron chi connectivity index (χ2n) is 31.9.